The van der Waals surface area contributed by atoms with Gasteiger partial charge in [-0.3, -0.25) is 4.79 Å². The molecule has 12 heavy (non-hydrogen) atoms. The van der Waals surface area contributed by atoms with Gasteiger partial charge < -0.3 is 10.6 Å². The summed E-state index contributed by atoms with van der Waals surface area (Å²) in [6.07, 6.45) is 2.42. The van der Waals surface area contributed by atoms with Crippen LogP contribution in [0.2, 0.25) is 0 Å². The van der Waals surface area contributed by atoms with Crippen molar-refractivity contribution in [2.75, 3.05) is 6.54 Å². The van der Waals surface area contributed by atoms with Crippen molar-refractivity contribution in [3.8, 4) is 0 Å². The van der Waals surface area contributed by atoms with Crippen molar-refractivity contribution in [2.45, 2.75) is 32.2 Å². The second-order valence-electron chi connectivity index (χ2n) is 3.22. The van der Waals surface area contributed by atoms with Crippen LogP contribution in [-0.2, 0) is 4.79 Å². The van der Waals surface area contributed by atoms with Gasteiger partial charge in [-0.2, -0.15) is 0 Å². The van der Waals surface area contributed by atoms with Gasteiger partial charge in [0.25, 0.3) is 0 Å². The molecule has 4 heteroatoms. The number of likely N-dealkylation sites (tertiary alicyclic amines) is 1. The zero-order valence-corrected chi connectivity index (χ0v) is 8.06. The smallest absolute Gasteiger partial charge is 0.229 e. The minimum atomic E-state index is 0.0764. The highest BCUT2D eigenvalue weighted by molar-refractivity contribution is 7.80. The summed E-state index contributed by atoms with van der Waals surface area (Å²) in [6.45, 7) is 2.92. The van der Waals surface area contributed by atoms with Crippen molar-refractivity contribution in [3.05, 3.63) is 0 Å². The number of hydrogen-bond donors (Lipinski definition) is 1. The molecule has 0 aliphatic carbocycles. The van der Waals surface area contributed by atoms with E-state index < -0.39 is 0 Å². The Morgan fingerprint density at radius 3 is 2.83 bits per heavy atom. The number of thiocarbonyl (C=S) groups is 1. The maximum absolute atomic E-state index is 11.4. The van der Waals surface area contributed by atoms with E-state index in [4.69, 9.17) is 5.73 Å². The molecule has 1 atom stereocenters. The van der Waals surface area contributed by atoms with Crippen LogP contribution in [0.5, 0.6) is 0 Å². The van der Waals surface area contributed by atoms with Gasteiger partial charge in [-0.05, 0) is 19.8 Å². The molecule has 1 heterocycles. The molecule has 1 amide bonds. The summed E-state index contributed by atoms with van der Waals surface area (Å²) >= 11 is 4.68. The Balaban J connectivity index is 2.46. The number of amides is 1. The fourth-order valence-corrected chi connectivity index (χ4v) is 1.68. The van der Waals surface area contributed by atoms with Gasteiger partial charge in [-0.1, -0.05) is 12.2 Å². The van der Waals surface area contributed by atoms with Gasteiger partial charge >= 0.3 is 0 Å². The van der Waals surface area contributed by atoms with Gasteiger partial charge in [0.2, 0.25) is 5.91 Å². The molecule has 0 aromatic heterocycles. The van der Waals surface area contributed by atoms with Crippen molar-refractivity contribution in [2.24, 2.45) is 5.73 Å². The number of nitrogens with zero attached hydrogens (tertiary/aromatic N) is 1. The lowest BCUT2D eigenvalue weighted by Gasteiger charge is -2.20. The lowest BCUT2D eigenvalue weighted by atomic mass is 10.2. The van der Waals surface area contributed by atoms with Crippen molar-refractivity contribution in [1.82, 2.24) is 4.90 Å². The van der Waals surface area contributed by atoms with Crippen molar-refractivity contribution in [3.63, 3.8) is 0 Å². The molecule has 0 aromatic rings. The number of hydrogen-bond acceptors (Lipinski definition) is 2. The van der Waals surface area contributed by atoms with E-state index in [1.54, 1.807) is 0 Å². The molecule has 0 spiro atoms. The van der Waals surface area contributed by atoms with Gasteiger partial charge in [0.1, 0.15) is 0 Å². The highest BCUT2D eigenvalue weighted by Gasteiger charge is 2.24. The zero-order valence-electron chi connectivity index (χ0n) is 7.25. The highest BCUT2D eigenvalue weighted by atomic mass is 32.1. The molecule has 1 rings (SSSR count). The van der Waals surface area contributed by atoms with E-state index in [0.717, 1.165) is 19.4 Å². The predicted octanol–water partition coefficient (Wildman–Crippen LogP) is 0.674. The third-order valence-electron chi connectivity index (χ3n) is 2.20. The van der Waals surface area contributed by atoms with E-state index in [1.165, 1.54) is 0 Å². The SMILES string of the molecule is CC1CCCN1C(=O)CC(N)=S. The summed E-state index contributed by atoms with van der Waals surface area (Å²) in [6, 6.07) is 0.367. The summed E-state index contributed by atoms with van der Waals surface area (Å²) in [5, 5.41) is 0. The van der Waals surface area contributed by atoms with E-state index >= 15 is 0 Å². The number of carbonyl (C=O) groups excluding carboxylic acids is 1. The standard InChI is InChI=1S/C8H14N2OS/c1-6-3-2-4-10(6)8(11)5-7(9)12/h6H,2-5H2,1H3,(H2,9,12). The Morgan fingerprint density at radius 1 is 1.75 bits per heavy atom. The Hall–Kier alpha value is -0.640. The van der Waals surface area contributed by atoms with Gasteiger partial charge in [-0.15, -0.1) is 0 Å². The molecular weight excluding hydrogens is 172 g/mol. The third kappa shape index (κ3) is 2.17. The summed E-state index contributed by atoms with van der Waals surface area (Å²) in [5.74, 6) is 0.0764. The predicted molar refractivity (Wildman–Crippen MR) is 51.8 cm³/mol. The molecule has 0 saturated carbocycles. The minimum Gasteiger partial charge on any atom is -0.393 e. The van der Waals surface area contributed by atoms with E-state index in [9.17, 15) is 4.79 Å². The first kappa shape index (κ1) is 9.45. The average Bonchev–Trinajstić information content (AvgIpc) is 2.33. The quantitative estimate of drug-likeness (QED) is 0.645. The van der Waals surface area contributed by atoms with Crippen LogP contribution < -0.4 is 5.73 Å². The van der Waals surface area contributed by atoms with Crippen molar-refractivity contribution in [1.29, 1.82) is 0 Å². The fraction of sp³-hybridized carbons (Fsp3) is 0.750. The van der Waals surface area contributed by atoms with Crippen LogP contribution in [0.4, 0.5) is 0 Å². The zero-order chi connectivity index (χ0) is 9.14. The van der Waals surface area contributed by atoms with Gasteiger partial charge in [0.15, 0.2) is 0 Å². The molecule has 0 aromatic carbocycles. The maximum atomic E-state index is 11.4. The summed E-state index contributed by atoms with van der Waals surface area (Å²) in [7, 11) is 0. The summed E-state index contributed by atoms with van der Waals surface area (Å²) < 4.78 is 0. The second kappa shape index (κ2) is 3.85. The van der Waals surface area contributed by atoms with E-state index in [-0.39, 0.29) is 12.3 Å². The van der Waals surface area contributed by atoms with Crippen LogP contribution in [0.1, 0.15) is 26.2 Å². The normalized spacial score (nSPS) is 22.8. The first-order valence-corrected chi connectivity index (χ1v) is 4.60. The van der Waals surface area contributed by atoms with E-state index in [2.05, 4.69) is 19.1 Å². The van der Waals surface area contributed by atoms with Crippen LogP contribution in [0.15, 0.2) is 0 Å². The first-order chi connectivity index (χ1) is 5.61. The number of carbonyl (C=O) groups is 1. The monoisotopic (exact) mass is 186 g/mol. The lowest BCUT2D eigenvalue weighted by molar-refractivity contribution is -0.130. The molecule has 0 radical (unpaired) electrons. The van der Waals surface area contributed by atoms with Crippen LogP contribution in [0, 0.1) is 0 Å². The van der Waals surface area contributed by atoms with Gasteiger partial charge in [0, 0.05) is 12.6 Å². The first-order valence-electron chi connectivity index (χ1n) is 4.19. The van der Waals surface area contributed by atoms with Crippen LogP contribution in [-0.4, -0.2) is 28.4 Å². The molecule has 1 aliphatic rings. The number of rotatable bonds is 2. The Bertz CT molecular complexity index is 205. The molecule has 0 bridgehead atoms. The van der Waals surface area contributed by atoms with Gasteiger partial charge in [0.05, 0.1) is 11.4 Å². The molecule has 1 fully saturated rings. The highest BCUT2D eigenvalue weighted by Crippen LogP contribution is 2.16. The van der Waals surface area contributed by atoms with E-state index in [1.807, 2.05) is 4.90 Å². The fourth-order valence-electron chi connectivity index (χ4n) is 1.55. The topological polar surface area (TPSA) is 46.3 Å². The maximum Gasteiger partial charge on any atom is 0.229 e. The van der Waals surface area contributed by atoms with Crippen molar-refractivity contribution >= 4 is 23.1 Å². The molecule has 68 valence electrons. The molecular formula is C8H14N2OS. The molecule has 1 saturated heterocycles. The van der Waals surface area contributed by atoms with E-state index in [0.29, 0.717) is 11.0 Å². The minimum absolute atomic E-state index is 0.0764. The Morgan fingerprint density at radius 2 is 2.42 bits per heavy atom. The summed E-state index contributed by atoms with van der Waals surface area (Å²) in [5.41, 5.74) is 5.29. The van der Waals surface area contributed by atoms with Crippen LogP contribution >= 0.6 is 12.2 Å². The number of nitrogens with two attached hydrogens (primary N) is 1. The Labute approximate surface area is 77.9 Å². The molecule has 1 aliphatic heterocycles. The largest absolute Gasteiger partial charge is 0.393 e. The van der Waals surface area contributed by atoms with Crippen molar-refractivity contribution < 1.29 is 4.79 Å². The second-order valence-corrected chi connectivity index (χ2v) is 3.75. The molecule has 3 nitrogen and oxygen atoms in total. The molecule has 2 N–H and O–H groups in total. The third-order valence-corrected chi connectivity index (χ3v) is 2.34. The average molecular weight is 186 g/mol. The Kier molecular flexibility index (Phi) is 3.03. The lowest BCUT2D eigenvalue weighted by Crippen LogP contribution is -2.35. The molecule has 1 unspecified atom stereocenters. The van der Waals surface area contributed by atoms with Gasteiger partial charge in [-0.25, -0.2) is 0 Å². The summed E-state index contributed by atoms with van der Waals surface area (Å²) in [4.78, 5) is 13.6. The van der Waals surface area contributed by atoms with Crippen LogP contribution in [0.25, 0.3) is 0 Å². The van der Waals surface area contributed by atoms with Crippen LogP contribution in [0.3, 0.4) is 0 Å².